The molecule has 1 fully saturated rings. The fraction of sp³-hybridized carbons (Fsp3) is 0.500. The van der Waals surface area contributed by atoms with Crippen molar-refractivity contribution in [2.24, 2.45) is 0 Å². The predicted molar refractivity (Wildman–Crippen MR) is 74.8 cm³/mol. The van der Waals surface area contributed by atoms with Gasteiger partial charge in [-0.25, -0.2) is 4.98 Å². The lowest BCUT2D eigenvalue weighted by molar-refractivity contribution is -0.0516. The highest BCUT2D eigenvalue weighted by Gasteiger charge is 2.44. The van der Waals surface area contributed by atoms with Crippen LogP contribution in [0.25, 0.3) is 11.2 Å². The Morgan fingerprint density at radius 2 is 2.18 bits per heavy atom. The van der Waals surface area contributed by atoms with E-state index in [0.29, 0.717) is 0 Å². The van der Waals surface area contributed by atoms with Gasteiger partial charge in [0.25, 0.3) is 0 Å². The minimum Gasteiger partial charge on any atom is -0.394 e. The van der Waals surface area contributed by atoms with Gasteiger partial charge in [0.05, 0.1) is 25.8 Å². The molecule has 2 aromatic heterocycles. The Kier molecular flexibility index (Phi) is 3.70. The van der Waals surface area contributed by atoms with E-state index >= 15 is 0 Å². The first-order chi connectivity index (χ1) is 10.5. The van der Waals surface area contributed by atoms with Gasteiger partial charge in [-0.2, -0.15) is 4.98 Å². The number of thiol groups is 1. The van der Waals surface area contributed by atoms with Gasteiger partial charge in [0, 0.05) is 0 Å². The average Bonchev–Trinajstić information content (AvgIpc) is 3.03. The molecule has 0 amide bonds. The van der Waals surface area contributed by atoms with Crippen molar-refractivity contribution in [3.63, 3.8) is 0 Å². The Morgan fingerprint density at radius 3 is 2.77 bits per heavy atom. The molecule has 0 aliphatic carbocycles. The van der Waals surface area contributed by atoms with Crippen LogP contribution >= 0.6 is 12.9 Å². The molecule has 0 radical (unpaired) electrons. The van der Waals surface area contributed by atoms with Gasteiger partial charge in [-0.3, -0.25) is 9.36 Å². The highest BCUT2D eigenvalue weighted by Crippen LogP contribution is 2.31. The van der Waals surface area contributed by atoms with Crippen molar-refractivity contribution in [1.82, 2.24) is 19.3 Å². The molecular formula is C10H13N5O6S. The number of nitrogens with zero attached hydrogens (tertiary/aromatic N) is 4. The molecule has 1 aliphatic rings. The number of fused-ring (bicyclic) bond motifs is 1. The Bertz CT molecular complexity index is 762. The zero-order valence-corrected chi connectivity index (χ0v) is 11.9. The van der Waals surface area contributed by atoms with E-state index in [1.807, 2.05) is 0 Å². The standard InChI is InChI=1S/C10H13N5O6S/c11-10-13-7(19)4-8(15(10)21-22)14(2-12-4)9-6(18)5(17)3(1-16)20-9/h2-3,5-6,9,16-18,22H,1H2,(H2,11,13,19). The van der Waals surface area contributed by atoms with E-state index in [-0.39, 0.29) is 17.1 Å². The van der Waals surface area contributed by atoms with E-state index in [1.165, 1.54) is 10.9 Å². The molecule has 4 unspecified atom stereocenters. The third-order valence-corrected chi connectivity index (χ3v) is 3.62. The van der Waals surface area contributed by atoms with Crippen LogP contribution in [0.2, 0.25) is 0 Å². The first-order valence-electron chi connectivity index (χ1n) is 6.19. The Labute approximate surface area is 128 Å². The van der Waals surface area contributed by atoms with Crippen molar-refractivity contribution in [2.75, 3.05) is 12.3 Å². The second kappa shape index (κ2) is 5.40. The number of aliphatic hydroxyl groups is 3. The van der Waals surface area contributed by atoms with Crippen molar-refractivity contribution in [2.45, 2.75) is 24.5 Å². The summed E-state index contributed by atoms with van der Waals surface area (Å²) >= 11 is 3.64. The summed E-state index contributed by atoms with van der Waals surface area (Å²) in [7, 11) is 0. The van der Waals surface area contributed by atoms with Crippen LogP contribution in [0.5, 0.6) is 0 Å². The zero-order chi connectivity index (χ0) is 16.0. The third kappa shape index (κ3) is 2.04. The maximum Gasteiger partial charge on any atom is 0.302 e. The minimum absolute atomic E-state index is 0.0438. The van der Waals surface area contributed by atoms with E-state index < -0.39 is 36.7 Å². The van der Waals surface area contributed by atoms with Crippen molar-refractivity contribution in [3.05, 3.63) is 16.7 Å². The highest BCUT2D eigenvalue weighted by atomic mass is 32.1. The van der Waals surface area contributed by atoms with Crippen LogP contribution in [0, 0.1) is 0 Å². The molecule has 1 saturated heterocycles. The quantitative estimate of drug-likeness (QED) is 0.293. The lowest BCUT2D eigenvalue weighted by Crippen LogP contribution is -2.33. The number of hydrogen-bond donors (Lipinski definition) is 5. The molecule has 1 aliphatic heterocycles. The normalized spacial score (nSPS) is 28.4. The first-order valence-corrected chi connectivity index (χ1v) is 6.55. The SMILES string of the molecule is Nc1nc(=O)c2ncn(C3OC(CO)C(O)C3O)c2n1OS. The predicted octanol–water partition coefficient (Wildman–Crippen LogP) is -2.94. The maximum absolute atomic E-state index is 11.8. The number of anilines is 1. The summed E-state index contributed by atoms with van der Waals surface area (Å²) in [5.41, 5.74) is 4.85. The van der Waals surface area contributed by atoms with Gasteiger partial charge >= 0.3 is 5.56 Å². The van der Waals surface area contributed by atoms with Crippen LogP contribution in [-0.4, -0.2) is 59.5 Å². The van der Waals surface area contributed by atoms with Crippen molar-refractivity contribution < 1.29 is 24.3 Å². The number of rotatable bonds is 3. The second-order valence-corrected chi connectivity index (χ2v) is 4.87. The summed E-state index contributed by atoms with van der Waals surface area (Å²) in [6.45, 7) is -0.485. The largest absolute Gasteiger partial charge is 0.394 e. The molecule has 2 aromatic rings. The number of nitrogens with two attached hydrogens (primary N) is 1. The summed E-state index contributed by atoms with van der Waals surface area (Å²) in [6, 6.07) is 0. The second-order valence-electron chi connectivity index (χ2n) is 4.70. The number of nitrogen functional groups attached to an aromatic ring is 1. The van der Waals surface area contributed by atoms with Crippen LogP contribution in [0.1, 0.15) is 6.23 Å². The molecule has 3 rings (SSSR count). The minimum atomic E-state index is -1.35. The smallest absolute Gasteiger partial charge is 0.302 e. The van der Waals surface area contributed by atoms with E-state index in [9.17, 15) is 15.0 Å². The number of ether oxygens (including phenoxy) is 1. The van der Waals surface area contributed by atoms with Crippen LogP contribution < -0.4 is 15.6 Å². The number of hydrogen-bond acceptors (Lipinski definition) is 10. The lowest BCUT2D eigenvalue weighted by Gasteiger charge is -2.18. The molecule has 3 heterocycles. The van der Waals surface area contributed by atoms with Crippen molar-refractivity contribution in [1.29, 1.82) is 0 Å². The maximum atomic E-state index is 11.8. The fourth-order valence-electron chi connectivity index (χ4n) is 2.39. The van der Waals surface area contributed by atoms with Gasteiger partial charge in [-0.05, 0) is 0 Å². The van der Waals surface area contributed by atoms with Crippen LogP contribution in [0.15, 0.2) is 11.1 Å². The van der Waals surface area contributed by atoms with Crippen molar-refractivity contribution >= 4 is 30.0 Å². The molecule has 12 heteroatoms. The Morgan fingerprint density at radius 1 is 1.45 bits per heavy atom. The van der Waals surface area contributed by atoms with Gasteiger partial charge in [0.15, 0.2) is 17.4 Å². The van der Waals surface area contributed by atoms with E-state index in [0.717, 1.165) is 4.73 Å². The summed E-state index contributed by atoms with van der Waals surface area (Å²) in [4.78, 5) is 19.2. The first kappa shape index (κ1) is 15.1. The average molecular weight is 331 g/mol. The topological polar surface area (TPSA) is 158 Å². The number of aliphatic hydroxyl groups excluding tert-OH is 3. The molecular weight excluding hydrogens is 318 g/mol. The molecule has 22 heavy (non-hydrogen) atoms. The summed E-state index contributed by atoms with van der Waals surface area (Å²) < 4.78 is 12.3. The molecule has 11 nitrogen and oxygen atoms in total. The van der Waals surface area contributed by atoms with Gasteiger partial charge in [0.1, 0.15) is 18.3 Å². The summed E-state index contributed by atoms with van der Waals surface area (Å²) in [5.74, 6) is -0.277. The molecule has 0 aromatic carbocycles. The Hall–Kier alpha value is -1.86. The summed E-state index contributed by atoms with van der Waals surface area (Å²) in [5, 5.41) is 29.0. The lowest BCUT2D eigenvalue weighted by atomic mass is 10.1. The van der Waals surface area contributed by atoms with E-state index in [1.54, 1.807) is 0 Å². The van der Waals surface area contributed by atoms with Crippen LogP contribution in [0.3, 0.4) is 0 Å². The molecule has 4 atom stereocenters. The molecule has 0 saturated carbocycles. The zero-order valence-electron chi connectivity index (χ0n) is 11.0. The summed E-state index contributed by atoms with van der Waals surface area (Å²) in [6.07, 6.45) is -3.53. The highest BCUT2D eigenvalue weighted by molar-refractivity contribution is 7.75. The molecule has 0 spiro atoms. The van der Waals surface area contributed by atoms with Crippen LogP contribution in [-0.2, 0) is 4.74 Å². The van der Waals surface area contributed by atoms with Gasteiger partial charge in [-0.1, -0.05) is 0 Å². The van der Waals surface area contributed by atoms with E-state index in [4.69, 9.17) is 19.9 Å². The monoisotopic (exact) mass is 331 g/mol. The van der Waals surface area contributed by atoms with Crippen molar-refractivity contribution in [3.8, 4) is 0 Å². The Balaban J connectivity index is 2.18. The third-order valence-electron chi connectivity index (χ3n) is 3.46. The fourth-order valence-corrected chi connectivity index (χ4v) is 2.56. The number of aromatic nitrogens is 4. The van der Waals surface area contributed by atoms with Gasteiger partial charge in [0.2, 0.25) is 5.95 Å². The van der Waals surface area contributed by atoms with Gasteiger partial charge in [-0.15, -0.1) is 4.73 Å². The molecule has 0 bridgehead atoms. The van der Waals surface area contributed by atoms with Gasteiger partial charge < -0.3 is 30.1 Å². The number of imidazole rings is 1. The van der Waals surface area contributed by atoms with Crippen LogP contribution in [0.4, 0.5) is 5.95 Å². The van der Waals surface area contributed by atoms with E-state index in [2.05, 4.69) is 22.9 Å². The molecule has 120 valence electrons. The molecule has 5 N–H and O–H groups in total.